The number of aliphatic imine (C=N–C) groups is 1. The van der Waals surface area contributed by atoms with Crippen molar-refractivity contribution >= 4 is 35.6 Å². The smallest absolute Gasteiger partial charge is 0.328 e. The quantitative estimate of drug-likeness (QED) is 0.0555. The molecule has 17 heteroatoms. The Balaban J connectivity index is 3.10. The summed E-state index contributed by atoms with van der Waals surface area (Å²) in [4.78, 5) is 71.0. The van der Waals surface area contributed by atoms with Crippen LogP contribution >= 0.6 is 0 Å². The van der Waals surface area contributed by atoms with Gasteiger partial charge in [0.25, 0.3) is 0 Å². The van der Waals surface area contributed by atoms with E-state index in [2.05, 4.69) is 30.9 Å². The van der Waals surface area contributed by atoms with Crippen molar-refractivity contribution in [1.29, 1.82) is 0 Å². The number of rotatable bonds is 16. The molecule has 0 spiro atoms. The van der Waals surface area contributed by atoms with Crippen LogP contribution in [-0.4, -0.2) is 97.7 Å². The Labute approximate surface area is 211 Å². The van der Waals surface area contributed by atoms with Crippen molar-refractivity contribution in [1.82, 2.24) is 25.9 Å². The Bertz CT molecular complexity index is 963. The highest BCUT2D eigenvalue weighted by Gasteiger charge is 2.32. The van der Waals surface area contributed by atoms with E-state index in [4.69, 9.17) is 22.3 Å². The minimum atomic E-state index is -1.65. The number of carboxylic acids is 2. The zero-order valence-corrected chi connectivity index (χ0v) is 20.1. The highest BCUT2D eigenvalue weighted by Crippen LogP contribution is 2.05. The molecule has 0 aliphatic heterocycles. The van der Waals surface area contributed by atoms with Crippen LogP contribution in [0.3, 0.4) is 0 Å². The van der Waals surface area contributed by atoms with Crippen molar-refractivity contribution in [2.45, 2.75) is 62.9 Å². The molecule has 1 aromatic heterocycles. The third-order valence-electron chi connectivity index (χ3n) is 4.97. The van der Waals surface area contributed by atoms with E-state index in [0.717, 1.165) is 0 Å². The number of nitrogens with two attached hydrogens (primary N) is 3. The molecular formula is C20H33N9O8. The lowest BCUT2D eigenvalue weighted by molar-refractivity contribution is -0.145. The molecule has 0 bridgehead atoms. The van der Waals surface area contributed by atoms with E-state index < -0.39 is 66.4 Å². The summed E-state index contributed by atoms with van der Waals surface area (Å²) in [5.41, 5.74) is 16.6. The highest BCUT2D eigenvalue weighted by atomic mass is 16.4. The molecule has 0 aliphatic carbocycles. The summed E-state index contributed by atoms with van der Waals surface area (Å²) in [5.74, 6) is -5.69. The number of aromatic nitrogens is 2. The van der Waals surface area contributed by atoms with Crippen molar-refractivity contribution in [3.05, 3.63) is 18.2 Å². The van der Waals surface area contributed by atoms with Crippen LogP contribution in [0.4, 0.5) is 0 Å². The topological polar surface area (TPSA) is 301 Å². The predicted molar refractivity (Wildman–Crippen MR) is 128 cm³/mol. The number of aliphatic hydroxyl groups is 1. The van der Waals surface area contributed by atoms with E-state index in [0.29, 0.717) is 5.69 Å². The van der Waals surface area contributed by atoms with Crippen LogP contribution in [0.5, 0.6) is 0 Å². The van der Waals surface area contributed by atoms with Crippen molar-refractivity contribution in [3.63, 3.8) is 0 Å². The average Bonchev–Trinajstić information content (AvgIpc) is 3.30. The van der Waals surface area contributed by atoms with Crippen LogP contribution in [0, 0.1) is 0 Å². The molecule has 13 N–H and O–H groups in total. The molecular weight excluding hydrogens is 494 g/mol. The molecule has 0 fully saturated rings. The number of guanidine groups is 1. The van der Waals surface area contributed by atoms with Crippen molar-refractivity contribution in [2.75, 3.05) is 6.54 Å². The molecule has 0 saturated carbocycles. The lowest BCUT2D eigenvalue weighted by atomic mass is 10.1. The summed E-state index contributed by atoms with van der Waals surface area (Å²) >= 11 is 0. The summed E-state index contributed by atoms with van der Waals surface area (Å²) in [5, 5.41) is 34.8. The molecule has 3 amide bonds. The fourth-order valence-electron chi connectivity index (χ4n) is 3.07. The minimum absolute atomic E-state index is 0.0379. The number of aliphatic carboxylic acids is 2. The number of carboxylic acid groups (broad SMARTS) is 2. The third kappa shape index (κ3) is 11.4. The van der Waals surface area contributed by atoms with Gasteiger partial charge >= 0.3 is 11.9 Å². The van der Waals surface area contributed by atoms with E-state index in [1.54, 1.807) is 0 Å². The molecule has 206 valence electrons. The molecule has 0 radical (unpaired) electrons. The molecule has 5 atom stereocenters. The van der Waals surface area contributed by atoms with Crippen LogP contribution < -0.4 is 33.2 Å². The van der Waals surface area contributed by atoms with Crippen LogP contribution in [-0.2, 0) is 30.4 Å². The number of carbonyl (C=O) groups is 5. The van der Waals surface area contributed by atoms with Gasteiger partial charge in [-0.2, -0.15) is 0 Å². The second kappa shape index (κ2) is 15.0. The zero-order valence-electron chi connectivity index (χ0n) is 20.1. The van der Waals surface area contributed by atoms with Gasteiger partial charge in [0.05, 0.1) is 24.9 Å². The first-order valence-corrected chi connectivity index (χ1v) is 11.1. The molecule has 37 heavy (non-hydrogen) atoms. The summed E-state index contributed by atoms with van der Waals surface area (Å²) in [6.07, 6.45) is 0.643. The van der Waals surface area contributed by atoms with Gasteiger partial charge in [-0.05, 0) is 19.8 Å². The lowest BCUT2D eigenvalue weighted by Crippen LogP contribution is -2.58. The number of carbonyl (C=O) groups excluding carboxylic acids is 3. The Morgan fingerprint density at radius 2 is 1.68 bits per heavy atom. The van der Waals surface area contributed by atoms with Crippen LogP contribution in [0.15, 0.2) is 17.5 Å². The molecule has 1 rings (SSSR count). The number of nitrogens with one attached hydrogen (secondary N) is 4. The monoisotopic (exact) mass is 527 g/mol. The maximum absolute atomic E-state index is 13.1. The van der Waals surface area contributed by atoms with E-state index in [1.165, 1.54) is 19.4 Å². The van der Waals surface area contributed by atoms with E-state index in [1.807, 2.05) is 0 Å². The van der Waals surface area contributed by atoms with Gasteiger partial charge < -0.3 is 53.5 Å². The molecule has 1 aromatic rings. The van der Waals surface area contributed by atoms with Gasteiger partial charge in [-0.25, -0.2) is 9.78 Å². The molecule has 0 saturated heterocycles. The summed E-state index contributed by atoms with van der Waals surface area (Å²) in [7, 11) is 0. The molecule has 0 aromatic carbocycles. The average molecular weight is 528 g/mol. The first kappa shape index (κ1) is 30.8. The van der Waals surface area contributed by atoms with E-state index >= 15 is 0 Å². The fraction of sp³-hybridized carbons (Fsp3) is 0.550. The van der Waals surface area contributed by atoms with Gasteiger partial charge in [0.15, 0.2) is 12.0 Å². The Kier molecular flexibility index (Phi) is 12.5. The van der Waals surface area contributed by atoms with Gasteiger partial charge in [-0.1, -0.05) is 0 Å². The van der Waals surface area contributed by atoms with Crippen molar-refractivity contribution in [2.24, 2.45) is 22.2 Å². The second-order valence-corrected chi connectivity index (χ2v) is 8.12. The van der Waals surface area contributed by atoms with Crippen molar-refractivity contribution in [3.8, 4) is 0 Å². The van der Waals surface area contributed by atoms with Gasteiger partial charge in [0, 0.05) is 24.9 Å². The zero-order chi connectivity index (χ0) is 28.1. The van der Waals surface area contributed by atoms with Gasteiger partial charge in [0.2, 0.25) is 17.7 Å². The Morgan fingerprint density at radius 1 is 1.05 bits per heavy atom. The number of H-pyrrole nitrogens is 1. The standard InChI is InChI=1S/C20H33N9O8/c1-9(30)15(19(36)37)29-17(34)12(3-2-4-25-20(22)23)27-18(35)13(5-10-7-24-8-26-10)28-16(33)11(21)6-14(31)32/h7-9,11-13,15,30H,2-6,21H2,1H3,(H,24,26)(H,27,35)(H,28,33)(H,29,34)(H,31,32)(H,36,37)(H4,22,23,25). The van der Waals surface area contributed by atoms with E-state index in [-0.39, 0.29) is 31.8 Å². The molecule has 0 aliphatic rings. The number of hydrogen-bond acceptors (Lipinski definition) is 9. The number of hydrogen-bond donors (Lipinski definition) is 10. The predicted octanol–water partition coefficient (Wildman–Crippen LogP) is -4.27. The first-order chi connectivity index (χ1) is 17.3. The van der Waals surface area contributed by atoms with Gasteiger partial charge in [-0.15, -0.1) is 0 Å². The number of aliphatic hydroxyl groups excluding tert-OH is 1. The third-order valence-corrected chi connectivity index (χ3v) is 4.97. The number of nitrogens with zero attached hydrogens (tertiary/aromatic N) is 2. The molecule has 5 unspecified atom stereocenters. The molecule has 1 heterocycles. The van der Waals surface area contributed by atoms with E-state index in [9.17, 15) is 34.2 Å². The lowest BCUT2D eigenvalue weighted by Gasteiger charge is -2.25. The van der Waals surface area contributed by atoms with Gasteiger partial charge in [0.1, 0.15) is 12.1 Å². The van der Waals surface area contributed by atoms with Crippen molar-refractivity contribution < 1.29 is 39.3 Å². The molecule has 17 nitrogen and oxygen atoms in total. The normalized spacial score (nSPS) is 14.8. The Hall–Kier alpha value is -4.25. The van der Waals surface area contributed by atoms with Crippen LogP contribution in [0.1, 0.15) is 31.9 Å². The largest absolute Gasteiger partial charge is 0.481 e. The minimum Gasteiger partial charge on any atom is -0.481 e. The maximum Gasteiger partial charge on any atom is 0.328 e. The SMILES string of the molecule is CC(O)C(NC(=O)C(CCCN=C(N)N)NC(=O)C(Cc1cnc[nH]1)NC(=O)C(N)CC(=O)O)C(=O)O. The number of aromatic amines is 1. The van der Waals surface area contributed by atoms with Gasteiger partial charge in [-0.3, -0.25) is 24.2 Å². The highest BCUT2D eigenvalue weighted by molar-refractivity contribution is 5.94. The second-order valence-electron chi connectivity index (χ2n) is 8.12. The maximum atomic E-state index is 13.1. The van der Waals surface area contributed by atoms with Crippen LogP contribution in [0.25, 0.3) is 0 Å². The summed E-state index contributed by atoms with van der Waals surface area (Å²) in [6.45, 7) is 1.26. The first-order valence-electron chi connectivity index (χ1n) is 11.1. The number of amides is 3. The fourth-order valence-corrected chi connectivity index (χ4v) is 3.07. The number of imidazole rings is 1. The Morgan fingerprint density at radius 3 is 2.19 bits per heavy atom. The van der Waals surface area contributed by atoms with Crippen LogP contribution in [0.2, 0.25) is 0 Å². The summed E-state index contributed by atoms with van der Waals surface area (Å²) in [6, 6.07) is -5.72. The summed E-state index contributed by atoms with van der Waals surface area (Å²) < 4.78 is 0.